The zero-order valence-corrected chi connectivity index (χ0v) is 23.1. The number of imidazole rings is 1. The van der Waals surface area contributed by atoms with E-state index in [1.54, 1.807) is 42.5 Å². The van der Waals surface area contributed by atoms with Crippen LogP contribution in [0.1, 0.15) is 29.7 Å². The van der Waals surface area contributed by atoms with Gasteiger partial charge in [0.15, 0.2) is 0 Å². The van der Waals surface area contributed by atoms with Crippen LogP contribution in [0.5, 0.6) is 5.75 Å². The zero-order chi connectivity index (χ0) is 31.4. The molecule has 228 valence electrons. The zero-order valence-electron chi connectivity index (χ0n) is 23.1. The lowest BCUT2D eigenvalue weighted by Gasteiger charge is -2.25. The van der Waals surface area contributed by atoms with Gasteiger partial charge in [-0.1, -0.05) is 42.5 Å². The molecule has 0 aliphatic heterocycles. The number of amides is 3. The molecule has 9 N–H and O–H groups in total. The number of benzene rings is 2. The first kappa shape index (κ1) is 32.3. The lowest BCUT2D eigenvalue weighted by atomic mass is 10.0. The van der Waals surface area contributed by atoms with E-state index >= 15 is 0 Å². The number of aromatic nitrogens is 2. The van der Waals surface area contributed by atoms with E-state index in [-0.39, 0.29) is 31.4 Å². The molecule has 43 heavy (non-hydrogen) atoms. The number of carbonyl (C=O) groups is 5. The number of phenols is 1. The van der Waals surface area contributed by atoms with Gasteiger partial charge in [-0.2, -0.15) is 0 Å². The number of aromatic amines is 1. The number of hydrogen-bond donors (Lipinski definition) is 8. The topological polar surface area (TPSA) is 237 Å². The van der Waals surface area contributed by atoms with E-state index in [2.05, 4.69) is 25.9 Å². The van der Waals surface area contributed by atoms with Crippen molar-refractivity contribution in [2.45, 2.75) is 56.3 Å². The maximum Gasteiger partial charge on any atom is 0.326 e. The van der Waals surface area contributed by atoms with E-state index in [0.717, 1.165) is 0 Å². The second-order valence-corrected chi connectivity index (χ2v) is 9.90. The summed E-state index contributed by atoms with van der Waals surface area (Å²) in [6.45, 7) is 0. The smallest absolute Gasteiger partial charge is 0.326 e. The number of rotatable bonds is 16. The molecule has 1 heterocycles. The maximum absolute atomic E-state index is 13.6. The highest BCUT2D eigenvalue weighted by molar-refractivity contribution is 5.94. The first-order valence-corrected chi connectivity index (χ1v) is 13.4. The number of carboxylic acid groups (broad SMARTS) is 2. The molecule has 14 heteroatoms. The van der Waals surface area contributed by atoms with Gasteiger partial charge in [-0.3, -0.25) is 19.2 Å². The average Bonchev–Trinajstić information content (AvgIpc) is 3.48. The van der Waals surface area contributed by atoms with Crippen molar-refractivity contribution >= 4 is 29.7 Å². The van der Waals surface area contributed by atoms with Gasteiger partial charge in [-0.15, -0.1) is 0 Å². The van der Waals surface area contributed by atoms with Gasteiger partial charge >= 0.3 is 11.9 Å². The maximum atomic E-state index is 13.6. The molecule has 3 aromatic rings. The summed E-state index contributed by atoms with van der Waals surface area (Å²) in [7, 11) is 0. The summed E-state index contributed by atoms with van der Waals surface area (Å²) in [5.41, 5.74) is 7.92. The first-order valence-electron chi connectivity index (χ1n) is 13.4. The van der Waals surface area contributed by atoms with Crippen molar-refractivity contribution in [1.82, 2.24) is 25.9 Å². The third kappa shape index (κ3) is 10.6. The van der Waals surface area contributed by atoms with E-state index < -0.39 is 60.2 Å². The normalized spacial score (nSPS) is 13.6. The van der Waals surface area contributed by atoms with E-state index in [1.807, 2.05) is 0 Å². The van der Waals surface area contributed by atoms with Crippen LogP contribution in [0.3, 0.4) is 0 Å². The Hall–Kier alpha value is -5.24. The second kappa shape index (κ2) is 15.7. The molecule has 4 atom stereocenters. The molecule has 2 aromatic carbocycles. The molecule has 0 fully saturated rings. The molecule has 14 nitrogen and oxygen atoms in total. The van der Waals surface area contributed by atoms with Crippen LogP contribution in [0.25, 0.3) is 0 Å². The summed E-state index contributed by atoms with van der Waals surface area (Å²) in [6, 6.07) is 9.61. The fraction of sp³-hybridized carbons (Fsp3) is 0.310. The summed E-state index contributed by atoms with van der Waals surface area (Å²) < 4.78 is 0. The predicted octanol–water partition coefficient (Wildman–Crippen LogP) is -0.126. The molecule has 0 aliphatic rings. The minimum Gasteiger partial charge on any atom is -0.508 e. The molecule has 3 rings (SSSR count). The van der Waals surface area contributed by atoms with Gasteiger partial charge in [-0.25, -0.2) is 9.78 Å². The standard InChI is InChI=1S/C29H34N6O8/c30-21(14-19-15-31-16-32-19)26(39)34-23(13-18-6-8-20(36)9-7-18)28(41)35-24(12-17-4-2-1-3-5-17)27(40)33-22(29(42)43)10-11-25(37)38/h1-9,15-16,21-24,36H,10-14,30H2,(H,31,32)(H,33,40)(H,34,39)(H,35,41)(H,37,38)(H,42,43). The van der Waals surface area contributed by atoms with Gasteiger partial charge in [-0.05, 0) is 29.7 Å². The van der Waals surface area contributed by atoms with Gasteiger partial charge in [0.2, 0.25) is 17.7 Å². The largest absolute Gasteiger partial charge is 0.508 e. The lowest BCUT2D eigenvalue weighted by Crippen LogP contribution is -2.58. The Bertz CT molecular complexity index is 1380. The molecule has 3 amide bonds. The highest BCUT2D eigenvalue weighted by Crippen LogP contribution is 2.13. The van der Waals surface area contributed by atoms with Crippen LogP contribution < -0.4 is 21.7 Å². The summed E-state index contributed by atoms with van der Waals surface area (Å²) in [4.78, 5) is 69.3. The van der Waals surface area contributed by atoms with Crippen molar-refractivity contribution in [2.75, 3.05) is 0 Å². The number of nitrogens with one attached hydrogen (secondary N) is 4. The lowest BCUT2D eigenvalue weighted by molar-refractivity contribution is -0.143. The number of aromatic hydroxyl groups is 1. The fourth-order valence-corrected chi connectivity index (χ4v) is 4.21. The number of phenolic OH excluding ortho intramolecular Hbond substituents is 1. The first-order chi connectivity index (χ1) is 20.5. The van der Waals surface area contributed by atoms with Gasteiger partial charge in [0.1, 0.15) is 23.9 Å². The second-order valence-electron chi connectivity index (χ2n) is 9.90. The highest BCUT2D eigenvalue weighted by Gasteiger charge is 2.31. The minimum absolute atomic E-state index is 0.00541. The van der Waals surface area contributed by atoms with Crippen LogP contribution in [-0.4, -0.2) is 79.1 Å². The highest BCUT2D eigenvalue weighted by atomic mass is 16.4. The number of aliphatic carboxylic acids is 2. The van der Waals surface area contributed by atoms with Gasteiger partial charge in [0, 0.05) is 37.6 Å². The van der Waals surface area contributed by atoms with Gasteiger partial charge in [0.05, 0.1) is 12.4 Å². The van der Waals surface area contributed by atoms with E-state index in [9.17, 15) is 34.2 Å². The van der Waals surface area contributed by atoms with Crippen LogP contribution in [-0.2, 0) is 43.2 Å². The number of H-pyrrole nitrogens is 1. The van der Waals surface area contributed by atoms with Crippen molar-refractivity contribution in [2.24, 2.45) is 5.73 Å². The number of carbonyl (C=O) groups excluding carboxylic acids is 3. The third-order valence-electron chi connectivity index (χ3n) is 6.52. The summed E-state index contributed by atoms with van der Waals surface area (Å²) in [5.74, 6) is -4.89. The Labute approximate surface area is 246 Å². The van der Waals surface area contributed by atoms with Crippen LogP contribution in [0.2, 0.25) is 0 Å². The van der Waals surface area contributed by atoms with Crippen LogP contribution in [0.4, 0.5) is 0 Å². The van der Waals surface area contributed by atoms with Crippen LogP contribution >= 0.6 is 0 Å². The summed E-state index contributed by atoms with van der Waals surface area (Å²) in [6.07, 6.45) is 2.17. The Kier molecular flexibility index (Phi) is 11.8. The molecule has 0 bridgehead atoms. The van der Waals surface area contributed by atoms with E-state index in [0.29, 0.717) is 16.8 Å². The molecule has 0 aliphatic carbocycles. The molecular formula is C29H34N6O8. The number of carboxylic acids is 2. The molecule has 0 spiro atoms. The third-order valence-corrected chi connectivity index (χ3v) is 6.52. The van der Waals surface area contributed by atoms with Gasteiger partial charge < -0.3 is 42.0 Å². The monoisotopic (exact) mass is 594 g/mol. The van der Waals surface area contributed by atoms with Crippen molar-refractivity contribution < 1.29 is 39.3 Å². The number of nitrogens with two attached hydrogens (primary N) is 1. The van der Waals surface area contributed by atoms with Crippen molar-refractivity contribution in [1.29, 1.82) is 0 Å². The Balaban J connectivity index is 1.83. The van der Waals surface area contributed by atoms with E-state index in [4.69, 9.17) is 10.8 Å². The molecule has 1 aromatic heterocycles. The molecule has 4 unspecified atom stereocenters. The Morgan fingerprint density at radius 3 is 1.86 bits per heavy atom. The predicted molar refractivity (Wildman–Crippen MR) is 153 cm³/mol. The van der Waals surface area contributed by atoms with Crippen molar-refractivity contribution in [3.05, 3.63) is 83.9 Å². The molecule has 0 saturated carbocycles. The Morgan fingerprint density at radius 1 is 0.767 bits per heavy atom. The van der Waals surface area contributed by atoms with Gasteiger partial charge in [0.25, 0.3) is 0 Å². The van der Waals surface area contributed by atoms with Crippen LogP contribution in [0.15, 0.2) is 67.1 Å². The molecule has 0 saturated heterocycles. The quantitative estimate of drug-likeness (QED) is 0.109. The Morgan fingerprint density at radius 2 is 1.33 bits per heavy atom. The number of hydrogen-bond acceptors (Lipinski definition) is 8. The summed E-state index contributed by atoms with van der Waals surface area (Å²) >= 11 is 0. The molecular weight excluding hydrogens is 560 g/mol. The number of nitrogens with zero attached hydrogens (tertiary/aromatic N) is 1. The fourth-order valence-electron chi connectivity index (χ4n) is 4.21. The molecule has 0 radical (unpaired) electrons. The van der Waals surface area contributed by atoms with Crippen LogP contribution in [0, 0.1) is 0 Å². The summed E-state index contributed by atoms with van der Waals surface area (Å²) in [5, 5.41) is 35.7. The average molecular weight is 595 g/mol. The van der Waals surface area contributed by atoms with E-state index in [1.165, 1.54) is 24.7 Å². The SMILES string of the molecule is NC(Cc1cnc[nH]1)C(=O)NC(Cc1ccc(O)cc1)C(=O)NC(Cc1ccccc1)C(=O)NC(CCC(=O)O)C(=O)O. The van der Waals surface area contributed by atoms with Crippen molar-refractivity contribution in [3.8, 4) is 5.75 Å². The minimum atomic E-state index is -1.51. The van der Waals surface area contributed by atoms with Crippen molar-refractivity contribution in [3.63, 3.8) is 0 Å².